The van der Waals surface area contributed by atoms with Gasteiger partial charge in [0, 0.05) is 6.54 Å². The van der Waals surface area contributed by atoms with Crippen LogP contribution in [0, 0.1) is 0 Å². The predicted molar refractivity (Wildman–Crippen MR) is 80.3 cm³/mol. The number of para-hydroxylation sites is 1. The van der Waals surface area contributed by atoms with Gasteiger partial charge in [0.25, 0.3) is 0 Å². The first-order valence-electron chi connectivity index (χ1n) is 7.31. The van der Waals surface area contributed by atoms with Gasteiger partial charge in [0.05, 0.1) is 18.0 Å². The second-order valence-corrected chi connectivity index (χ2v) is 5.20. The molecule has 0 amide bonds. The van der Waals surface area contributed by atoms with Gasteiger partial charge in [0.1, 0.15) is 11.9 Å². The number of nitrogens with zero attached hydrogens (tertiary/aromatic N) is 2. The quantitative estimate of drug-likeness (QED) is 0.906. The highest BCUT2D eigenvalue weighted by molar-refractivity contribution is 5.63. The average molecular weight is 285 g/mol. The van der Waals surface area contributed by atoms with Crippen molar-refractivity contribution >= 4 is 0 Å². The van der Waals surface area contributed by atoms with Crippen molar-refractivity contribution in [2.75, 3.05) is 13.1 Å². The molecule has 5 nitrogen and oxygen atoms in total. The van der Waals surface area contributed by atoms with Crippen LogP contribution in [0.1, 0.15) is 19.3 Å². The summed E-state index contributed by atoms with van der Waals surface area (Å²) >= 11 is 0. The average Bonchev–Trinajstić information content (AvgIpc) is 2.77. The first-order valence-corrected chi connectivity index (χ1v) is 7.31. The Bertz CT molecular complexity index is 578. The Balaban J connectivity index is 1.70. The van der Waals surface area contributed by atoms with E-state index >= 15 is 0 Å². The highest BCUT2D eigenvalue weighted by atomic mass is 16.5. The van der Waals surface area contributed by atoms with E-state index in [1.54, 1.807) is 30.6 Å². The molecule has 5 heteroatoms. The van der Waals surface area contributed by atoms with Crippen LogP contribution < -0.4 is 10.1 Å². The zero-order valence-corrected chi connectivity index (χ0v) is 11.8. The monoisotopic (exact) mass is 285 g/mol. The topological polar surface area (TPSA) is 67.3 Å². The minimum atomic E-state index is 0.173. The summed E-state index contributed by atoms with van der Waals surface area (Å²) < 4.78 is 5.91. The van der Waals surface area contributed by atoms with E-state index in [9.17, 15) is 5.11 Å². The molecular formula is C16H19N3O2. The summed E-state index contributed by atoms with van der Waals surface area (Å²) in [4.78, 5) is 8.56. The molecule has 1 aliphatic rings. The number of aromatic hydroxyl groups is 1. The fraction of sp³-hybridized carbons (Fsp3) is 0.375. The number of rotatable bonds is 3. The number of phenols is 1. The number of phenolic OH excluding ortho intramolecular Hbond substituents is 1. The zero-order valence-electron chi connectivity index (χ0n) is 11.8. The van der Waals surface area contributed by atoms with Crippen molar-refractivity contribution in [1.29, 1.82) is 0 Å². The number of hydrogen-bond acceptors (Lipinski definition) is 5. The molecule has 0 aliphatic carbocycles. The minimum Gasteiger partial charge on any atom is -0.507 e. The van der Waals surface area contributed by atoms with E-state index in [4.69, 9.17) is 4.74 Å². The van der Waals surface area contributed by atoms with Gasteiger partial charge in [-0.1, -0.05) is 12.1 Å². The van der Waals surface area contributed by atoms with Gasteiger partial charge in [-0.15, -0.1) is 0 Å². The van der Waals surface area contributed by atoms with Crippen molar-refractivity contribution in [3.63, 3.8) is 0 Å². The summed E-state index contributed by atoms with van der Waals surface area (Å²) in [7, 11) is 0. The van der Waals surface area contributed by atoms with Gasteiger partial charge < -0.3 is 15.2 Å². The van der Waals surface area contributed by atoms with E-state index in [-0.39, 0.29) is 11.9 Å². The highest BCUT2D eigenvalue weighted by Crippen LogP contribution is 2.26. The minimum absolute atomic E-state index is 0.173. The van der Waals surface area contributed by atoms with Crippen LogP contribution >= 0.6 is 0 Å². The predicted octanol–water partition coefficient (Wildman–Crippen LogP) is 2.37. The Morgan fingerprint density at radius 2 is 1.95 bits per heavy atom. The summed E-state index contributed by atoms with van der Waals surface area (Å²) in [6.45, 7) is 1.92. The van der Waals surface area contributed by atoms with Crippen molar-refractivity contribution in [2.24, 2.45) is 0 Å². The maximum Gasteiger partial charge on any atom is 0.163 e. The molecule has 0 saturated carbocycles. The molecule has 1 unspecified atom stereocenters. The molecule has 1 aliphatic heterocycles. The zero-order chi connectivity index (χ0) is 14.5. The second kappa shape index (κ2) is 6.54. The lowest BCUT2D eigenvalue weighted by atomic mass is 10.2. The maximum absolute atomic E-state index is 9.81. The molecule has 3 rings (SSSR count). The summed E-state index contributed by atoms with van der Waals surface area (Å²) in [5.74, 6) is 1.35. The molecular weight excluding hydrogens is 266 g/mol. The molecule has 1 fully saturated rings. The Labute approximate surface area is 124 Å². The number of hydrogen-bond donors (Lipinski definition) is 2. The van der Waals surface area contributed by atoms with Crippen LogP contribution in [-0.4, -0.2) is 34.3 Å². The van der Waals surface area contributed by atoms with Crippen LogP contribution in [0.2, 0.25) is 0 Å². The number of aromatic nitrogens is 2. The van der Waals surface area contributed by atoms with E-state index in [0.29, 0.717) is 17.1 Å². The van der Waals surface area contributed by atoms with Gasteiger partial charge >= 0.3 is 0 Å². The Kier molecular flexibility index (Phi) is 4.31. The first-order chi connectivity index (χ1) is 10.3. The second-order valence-electron chi connectivity index (χ2n) is 5.20. The van der Waals surface area contributed by atoms with Gasteiger partial charge in [0.15, 0.2) is 11.6 Å². The summed E-state index contributed by atoms with van der Waals surface area (Å²) in [5, 5.41) is 13.2. The van der Waals surface area contributed by atoms with Gasteiger partial charge in [-0.3, -0.25) is 0 Å². The lowest BCUT2D eigenvalue weighted by Crippen LogP contribution is -2.29. The van der Waals surface area contributed by atoms with E-state index < -0.39 is 0 Å². The molecule has 2 aromatic rings. The number of benzene rings is 1. The smallest absolute Gasteiger partial charge is 0.163 e. The molecule has 110 valence electrons. The van der Waals surface area contributed by atoms with E-state index in [1.807, 2.05) is 6.07 Å². The highest BCUT2D eigenvalue weighted by Gasteiger charge is 2.14. The molecule has 0 bridgehead atoms. The third-order valence-electron chi connectivity index (χ3n) is 3.58. The molecule has 2 N–H and O–H groups in total. The van der Waals surface area contributed by atoms with Crippen LogP contribution in [0.5, 0.6) is 11.5 Å². The standard InChI is InChI=1S/C16H19N3O2/c20-15-7-2-1-6-14(15)16-18-10-13(11-19-16)21-12-5-3-4-8-17-9-12/h1-2,6-7,10-12,17,20H,3-5,8-9H2. The summed E-state index contributed by atoms with van der Waals surface area (Å²) in [5.41, 5.74) is 0.625. The molecule has 2 heterocycles. The molecule has 1 aromatic carbocycles. The van der Waals surface area contributed by atoms with Gasteiger partial charge in [-0.2, -0.15) is 0 Å². The van der Waals surface area contributed by atoms with Gasteiger partial charge in [-0.25, -0.2) is 9.97 Å². The van der Waals surface area contributed by atoms with Crippen LogP contribution in [-0.2, 0) is 0 Å². The molecule has 1 aromatic heterocycles. The number of nitrogens with one attached hydrogen (secondary N) is 1. The van der Waals surface area contributed by atoms with Crippen LogP contribution in [0.25, 0.3) is 11.4 Å². The Morgan fingerprint density at radius 3 is 2.76 bits per heavy atom. The van der Waals surface area contributed by atoms with Crippen LogP contribution in [0.3, 0.4) is 0 Å². The van der Waals surface area contributed by atoms with E-state index in [0.717, 1.165) is 19.5 Å². The molecule has 21 heavy (non-hydrogen) atoms. The SMILES string of the molecule is Oc1ccccc1-c1ncc(OC2CCCCNC2)cn1. The van der Waals surface area contributed by atoms with Gasteiger partial charge in [0.2, 0.25) is 0 Å². The lowest BCUT2D eigenvalue weighted by molar-refractivity contribution is 0.193. The van der Waals surface area contributed by atoms with E-state index in [2.05, 4.69) is 15.3 Å². The normalized spacial score (nSPS) is 19.0. The summed E-state index contributed by atoms with van der Waals surface area (Å²) in [6, 6.07) is 7.04. The number of ether oxygens (including phenoxy) is 1. The Morgan fingerprint density at radius 1 is 1.14 bits per heavy atom. The molecule has 1 atom stereocenters. The van der Waals surface area contributed by atoms with Crippen LogP contribution in [0.4, 0.5) is 0 Å². The molecule has 0 spiro atoms. The lowest BCUT2D eigenvalue weighted by Gasteiger charge is -2.16. The van der Waals surface area contributed by atoms with Crippen molar-refractivity contribution in [3.8, 4) is 22.9 Å². The van der Waals surface area contributed by atoms with Crippen LogP contribution in [0.15, 0.2) is 36.7 Å². The largest absolute Gasteiger partial charge is 0.507 e. The van der Waals surface area contributed by atoms with E-state index in [1.165, 1.54) is 12.8 Å². The third kappa shape index (κ3) is 3.49. The molecule has 0 radical (unpaired) electrons. The van der Waals surface area contributed by atoms with Gasteiger partial charge in [-0.05, 0) is 37.9 Å². The third-order valence-corrected chi connectivity index (χ3v) is 3.58. The summed E-state index contributed by atoms with van der Waals surface area (Å²) in [6.07, 6.45) is 6.93. The van der Waals surface area contributed by atoms with Crippen molar-refractivity contribution in [1.82, 2.24) is 15.3 Å². The van der Waals surface area contributed by atoms with Crippen molar-refractivity contribution in [2.45, 2.75) is 25.4 Å². The first kappa shape index (κ1) is 13.8. The fourth-order valence-electron chi connectivity index (χ4n) is 2.46. The Hall–Kier alpha value is -2.14. The van der Waals surface area contributed by atoms with Crippen molar-refractivity contribution < 1.29 is 9.84 Å². The van der Waals surface area contributed by atoms with Crippen molar-refractivity contribution in [3.05, 3.63) is 36.7 Å². The fourth-order valence-corrected chi connectivity index (χ4v) is 2.46. The molecule has 1 saturated heterocycles. The maximum atomic E-state index is 9.81.